The lowest BCUT2D eigenvalue weighted by Gasteiger charge is -2.15. The summed E-state index contributed by atoms with van der Waals surface area (Å²) in [5.74, 6) is -1.29. The fraction of sp³-hybridized carbons (Fsp3) is 0.200. The minimum atomic E-state index is -3.59. The lowest BCUT2D eigenvalue weighted by atomic mass is 10.1. The molecule has 13 nitrogen and oxygen atoms in total. The van der Waals surface area contributed by atoms with Crippen LogP contribution in [0.1, 0.15) is 23.3 Å². The van der Waals surface area contributed by atoms with Gasteiger partial charge >= 0.3 is 0 Å². The summed E-state index contributed by atoms with van der Waals surface area (Å²) in [7, 11) is -2.16. The molecule has 1 aliphatic rings. The minimum Gasteiger partial charge on any atom is -0.494 e. The van der Waals surface area contributed by atoms with Gasteiger partial charge in [-0.25, -0.2) is 22.5 Å². The summed E-state index contributed by atoms with van der Waals surface area (Å²) in [5, 5.41) is 17.8. The molecule has 0 unspecified atom stereocenters. The van der Waals surface area contributed by atoms with Crippen molar-refractivity contribution >= 4 is 38.8 Å². The van der Waals surface area contributed by atoms with Gasteiger partial charge in [-0.15, -0.1) is 15.3 Å². The first-order chi connectivity index (χ1) is 19.0. The molecular weight excluding hydrogens is 543 g/mol. The monoisotopic (exact) mass is 566 g/mol. The Balaban J connectivity index is 1.48. The van der Waals surface area contributed by atoms with Gasteiger partial charge in [0.15, 0.2) is 32.9 Å². The molecule has 0 aliphatic heterocycles. The van der Waals surface area contributed by atoms with E-state index in [2.05, 4.69) is 30.9 Å². The molecule has 4 aromatic rings. The quantitative estimate of drug-likeness (QED) is 0.272. The van der Waals surface area contributed by atoms with Crippen LogP contribution in [0.25, 0.3) is 17.1 Å². The predicted molar refractivity (Wildman–Crippen MR) is 142 cm³/mol. The molecule has 206 valence electrons. The normalized spacial score (nSPS) is 13.1. The van der Waals surface area contributed by atoms with Crippen LogP contribution in [-0.4, -0.2) is 58.6 Å². The number of rotatable bonds is 9. The summed E-state index contributed by atoms with van der Waals surface area (Å²) in [6.07, 6.45) is 3.87. The molecule has 1 aliphatic carbocycles. The minimum absolute atomic E-state index is 0.00543. The SMILES string of the molecule is COc1c(Nc2cc(NC(=O)C3CC3)nnc2C(N)=O)cccc1-c1ncn(-c2ccc(S(C)(=O)=O)cc2F)n1. The maximum absolute atomic E-state index is 14.7. The van der Waals surface area contributed by atoms with Gasteiger partial charge in [-0.1, -0.05) is 6.07 Å². The number of para-hydroxylation sites is 1. The smallest absolute Gasteiger partial charge is 0.271 e. The van der Waals surface area contributed by atoms with E-state index in [1.807, 2.05) is 0 Å². The van der Waals surface area contributed by atoms with Crippen LogP contribution in [-0.2, 0) is 14.6 Å². The summed E-state index contributed by atoms with van der Waals surface area (Å²) < 4.78 is 45.0. The van der Waals surface area contributed by atoms with E-state index in [-0.39, 0.29) is 51.2 Å². The number of amides is 2. The van der Waals surface area contributed by atoms with E-state index < -0.39 is 21.6 Å². The number of hydrogen-bond donors (Lipinski definition) is 3. The highest BCUT2D eigenvalue weighted by molar-refractivity contribution is 7.90. The molecule has 0 atom stereocenters. The molecular formula is C25H23FN8O5S. The van der Waals surface area contributed by atoms with Crippen LogP contribution in [0.5, 0.6) is 5.75 Å². The fourth-order valence-corrected chi connectivity index (χ4v) is 4.52. The zero-order valence-electron chi connectivity index (χ0n) is 21.3. The predicted octanol–water partition coefficient (Wildman–Crippen LogP) is 2.47. The molecule has 2 amide bonds. The Kier molecular flexibility index (Phi) is 6.89. The second-order valence-electron chi connectivity index (χ2n) is 9.03. The number of nitrogens with two attached hydrogens (primary N) is 1. The van der Waals surface area contributed by atoms with Gasteiger partial charge in [-0.2, -0.15) is 0 Å². The van der Waals surface area contributed by atoms with Crippen molar-refractivity contribution in [1.82, 2.24) is 25.0 Å². The summed E-state index contributed by atoms with van der Waals surface area (Å²) in [6, 6.07) is 9.94. The molecule has 2 aromatic heterocycles. The Bertz CT molecular complexity index is 1750. The van der Waals surface area contributed by atoms with Gasteiger partial charge in [0, 0.05) is 18.2 Å². The van der Waals surface area contributed by atoms with Gasteiger partial charge in [0.2, 0.25) is 5.91 Å². The number of anilines is 3. The number of methoxy groups -OCH3 is 1. The summed E-state index contributed by atoms with van der Waals surface area (Å²) in [6.45, 7) is 0. The first-order valence-electron chi connectivity index (χ1n) is 11.9. The van der Waals surface area contributed by atoms with Crippen molar-refractivity contribution in [2.45, 2.75) is 17.7 Å². The standard InChI is InChI=1S/C25H23FN8O5S/c1-39-22-15(24-28-12-34(33-24)19-9-8-14(10-16(19)26)40(2,37)38)4-3-5-17(22)29-18-11-20(30-25(36)13-6-7-13)31-32-21(18)23(27)35/h3-5,8-13H,6-7H2,1-2H3,(H2,27,35)(H2,29,30,31,36). The lowest BCUT2D eigenvalue weighted by Crippen LogP contribution is -2.19. The molecule has 2 heterocycles. The number of benzene rings is 2. The van der Waals surface area contributed by atoms with Crippen LogP contribution < -0.4 is 21.1 Å². The van der Waals surface area contributed by atoms with E-state index in [4.69, 9.17) is 10.5 Å². The van der Waals surface area contributed by atoms with E-state index >= 15 is 0 Å². The number of nitrogens with one attached hydrogen (secondary N) is 2. The van der Waals surface area contributed by atoms with Gasteiger partial charge < -0.3 is 21.1 Å². The van der Waals surface area contributed by atoms with E-state index in [0.717, 1.165) is 25.2 Å². The largest absolute Gasteiger partial charge is 0.494 e. The maximum Gasteiger partial charge on any atom is 0.271 e. The molecule has 40 heavy (non-hydrogen) atoms. The molecule has 5 rings (SSSR count). The van der Waals surface area contributed by atoms with Crippen LogP contribution in [0.3, 0.4) is 0 Å². The van der Waals surface area contributed by atoms with Gasteiger partial charge in [0.25, 0.3) is 5.91 Å². The average Bonchev–Trinajstić information content (AvgIpc) is 3.65. The molecule has 0 saturated heterocycles. The molecule has 1 saturated carbocycles. The molecule has 0 spiro atoms. The number of aromatic nitrogens is 5. The van der Waals surface area contributed by atoms with E-state index in [0.29, 0.717) is 11.3 Å². The van der Waals surface area contributed by atoms with Crippen molar-refractivity contribution in [2.24, 2.45) is 11.7 Å². The highest BCUT2D eigenvalue weighted by atomic mass is 32.2. The highest BCUT2D eigenvalue weighted by Crippen LogP contribution is 2.37. The zero-order valence-corrected chi connectivity index (χ0v) is 22.1. The second kappa shape index (κ2) is 10.3. The first kappa shape index (κ1) is 26.7. The van der Waals surface area contributed by atoms with E-state index in [9.17, 15) is 22.4 Å². The maximum atomic E-state index is 14.7. The number of hydrogen-bond acceptors (Lipinski definition) is 10. The summed E-state index contributed by atoms with van der Waals surface area (Å²) in [4.78, 5) is 28.3. The molecule has 0 radical (unpaired) electrons. The zero-order chi connectivity index (χ0) is 28.6. The summed E-state index contributed by atoms with van der Waals surface area (Å²) >= 11 is 0. The van der Waals surface area contributed by atoms with Crippen LogP contribution in [0.4, 0.5) is 21.6 Å². The topological polar surface area (TPSA) is 184 Å². The van der Waals surface area contributed by atoms with Crippen molar-refractivity contribution < 1.29 is 27.1 Å². The number of carbonyl (C=O) groups is 2. The van der Waals surface area contributed by atoms with Crippen molar-refractivity contribution in [2.75, 3.05) is 24.0 Å². The fourth-order valence-electron chi connectivity index (χ4n) is 3.89. The van der Waals surface area contributed by atoms with Crippen molar-refractivity contribution in [1.29, 1.82) is 0 Å². The number of carbonyl (C=O) groups excluding carboxylic acids is 2. The van der Waals surface area contributed by atoms with Gasteiger partial charge in [-0.05, 0) is 43.2 Å². The van der Waals surface area contributed by atoms with Gasteiger partial charge in [0.05, 0.1) is 28.9 Å². The Morgan fingerprint density at radius 2 is 1.90 bits per heavy atom. The van der Waals surface area contributed by atoms with Crippen LogP contribution in [0.2, 0.25) is 0 Å². The van der Waals surface area contributed by atoms with Crippen LogP contribution in [0.15, 0.2) is 53.7 Å². The average molecular weight is 567 g/mol. The van der Waals surface area contributed by atoms with Gasteiger partial charge in [0.1, 0.15) is 17.8 Å². The highest BCUT2D eigenvalue weighted by Gasteiger charge is 2.30. The Labute approximate surface area is 227 Å². The Morgan fingerprint density at radius 3 is 2.55 bits per heavy atom. The third-order valence-electron chi connectivity index (χ3n) is 6.04. The second-order valence-corrected chi connectivity index (χ2v) is 11.0. The van der Waals surface area contributed by atoms with Crippen molar-refractivity contribution in [3.63, 3.8) is 0 Å². The molecule has 2 aromatic carbocycles. The van der Waals surface area contributed by atoms with E-state index in [1.165, 1.54) is 36.3 Å². The number of primary amides is 1. The van der Waals surface area contributed by atoms with Gasteiger partial charge in [-0.3, -0.25) is 9.59 Å². The Morgan fingerprint density at radius 1 is 1.12 bits per heavy atom. The third-order valence-corrected chi connectivity index (χ3v) is 7.15. The number of ether oxygens (including phenoxy) is 1. The van der Waals surface area contributed by atoms with Crippen molar-refractivity contribution in [3.8, 4) is 22.8 Å². The lowest BCUT2D eigenvalue weighted by molar-refractivity contribution is -0.117. The molecule has 1 fully saturated rings. The van der Waals surface area contributed by atoms with Crippen molar-refractivity contribution in [3.05, 3.63) is 60.3 Å². The number of nitrogens with zero attached hydrogens (tertiary/aromatic N) is 5. The van der Waals surface area contributed by atoms with Crippen LogP contribution in [0, 0.1) is 11.7 Å². The Hall–Kier alpha value is -4.92. The number of sulfone groups is 1. The molecule has 4 N–H and O–H groups in total. The molecule has 0 bridgehead atoms. The molecule has 15 heteroatoms. The number of halogens is 1. The summed E-state index contributed by atoms with van der Waals surface area (Å²) in [5.41, 5.74) is 6.30. The first-order valence-corrected chi connectivity index (χ1v) is 13.8. The third kappa shape index (κ3) is 5.44. The van der Waals surface area contributed by atoms with E-state index in [1.54, 1.807) is 18.2 Å². The van der Waals surface area contributed by atoms with Crippen LogP contribution >= 0.6 is 0 Å².